The molecule has 0 aliphatic carbocycles. The maximum atomic E-state index is 9.48. The number of phenols is 1. The molecule has 0 bridgehead atoms. The molecule has 1 aromatic rings. The molecule has 0 amide bonds. The lowest BCUT2D eigenvalue weighted by atomic mass is 10.2. The van der Waals surface area contributed by atoms with E-state index in [-0.39, 0.29) is 0 Å². The molecule has 4 heteroatoms. The summed E-state index contributed by atoms with van der Waals surface area (Å²) in [7, 11) is 0. The summed E-state index contributed by atoms with van der Waals surface area (Å²) in [6.07, 6.45) is 1.97. The average Bonchev–Trinajstić information content (AvgIpc) is 2.40. The van der Waals surface area contributed by atoms with Gasteiger partial charge in [0, 0.05) is 44.5 Å². The summed E-state index contributed by atoms with van der Waals surface area (Å²) in [4.78, 5) is 4.75. The van der Waals surface area contributed by atoms with Gasteiger partial charge < -0.3 is 15.1 Å². The number of phenolic OH excluding ortho intramolecular Hbond substituents is 1. The van der Waals surface area contributed by atoms with Gasteiger partial charge >= 0.3 is 0 Å². The number of aliphatic hydroxyl groups is 1. The smallest absolute Gasteiger partial charge is 0.117 e. The first-order valence-corrected chi connectivity index (χ1v) is 6.67. The van der Waals surface area contributed by atoms with E-state index in [1.807, 2.05) is 18.2 Å². The van der Waals surface area contributed by atoms with E-state index in [9.17, 15) is 5.11 Å². The molecule has 1 saturated heterocycles. The first kappa shape index (κ1) is 13.2. The second-order valence-corrected chi connectivity index (χ2v) is 4.78. The van der Waals surface area contributed by atoms with Crippen molar-refractivity contribution in [1.82, 2.24) is 4.90 Å². The van der Waals surface area contributed by atoms with Gasteiger partial charge in [0.25, 0.3) is 0 Å². The van der Waals surface area contributed by atoms with Crippen molar-refractivity contribution in [3.63, 3.8) is 0 Å². The van der Waals surface area contributed by atoms with E-state index < -0.39 is 0 Å². The molecule has 0 atom stereocenters. The van der Waals surface area contributed by atoms with Crippen LogP contribution in [0.15, 0.2) is 24.3 Å². The van der Waals surface area contributed by atoms with Gasteiger partial charge in [0.05, 0.1) is 0 Å². The van der Waals surface area contributed by atoms with Crippen LogP contribution < -0.4 is 4.90 Å². The van der Waals surface area contributed by atoms with Crippen LogP contribution in [-0.4, -0.2) is 54.4 Å². The van der Waals surface area contributed by atoms with Gasteiger partial charge in [-0.05, 0) is 31.5 Å². The van der Waals surface area contributed by atoms with Crippen LogP contribution in [0.3, 0.4) is 0 Å². The maximum absolute atomic E-state index is 9.48. The fraction of sp³-hybridized carbons (Fsp3) is 0.571. The van der Waals surface area contributed by atoms with Crippen molar-refractivity contribution in [1.29, 1.82) is 0 Å². The molecule has 1 aliphatic rings. The number of piperazine rings is 1. The third-order valence-electron chi connectivity index (χ3n) is 3.45. The van der Waals surface area contributed by atoms with Gasteiger partial charge in [-0.15, -0.1) is 0 Å². The summed E-state index contributed by atoms with van der Waals surface area (Å²) in [5, 5.41) is 18.2. The Kier molecular flexibility index (Phi) is 4.84. The molecule has 0 radical (unpaired) electrons. The highest BCUT2D eigenvalue weighted by atomic mass is 16.3. The van der Waals surface area contributed by atoms with Crippen LogP contribution in [0, 0.1) is 0 Å². The van der Waals surface area contributed by atoms with E-state index in [1.54, 1.807) is 6.07 Å². The number of benzene rings is 1. The largest absolute Gasteiger partial charge is 0.508 e. The third kappa shape index (κ3) is 3.62. The van der Waals surface area contributed by atoms with Gasteiger partial charge in [-0.1, -0.05) is 6.07 Å². The van der Waals surface area contributed by atoms with Gasteiger partial charge in [0.15, 0.2) is 0 Å². The highest BCUT2D eigenvalue weighted by molar-refractivity contribution is 5.50. The van der Waals surface area contributed by atoms with E-state index in [0.29, 0.717) is 12.4 Å². The number of nitrogens with zero attached hydrogens (tertiary/aromatic N) is 2. The molecule has 4 nitrogen and oxygen atoms in total. The minimum Gasteiger partial charge on any atom is -0.508 e. The molecule has 1 aromatic carbocycles. The topological polar surface area (TPSA) is 46.9 Å². The Hall–Kier alpha value is -1.26. The normalized spacial score (nSPS) is 17.1. The first-order valence-electron chi connectivity index (χ1n) is 6.67. The van der Waals surface area contributed by atoms with Crippen molar-refractivity contribution in [2.75, 3.05) is 44.2 Å². The van der Waals surface area contributed by atoms with Crippen LogP contribution in [0.5, 0.6) is 5.75 Å². The zero-order valence-electron chi connectivity index (χ0n) is 10.8. The Morgan fingerprint density at radius 2 is 1.83 bits per heavy atom. The molecule has 2 rings (SSSR count). The summed E-state index contributed by atoms with van der Waals surface area (Å²) in [5.74, 6) is 0.331. The Bertz CT molecular complexity index is 363. The molecule has 0 aromatic heterocycles. The van der Waals surface area contributed by atoms with Crippen molar-refractivity contribution < 1.29 is 10.2 Å². The van der Waals surface area contributed by atoms with E-state index in [1.165, 1.54) is 0 Å². The number of aromatic hydroxyl groups is 1. The fourth-order valence-electron chi connectivity index (χ4n) is 2.37. The van der Waals surface area contributed by atoms with Crippen LogP contribution in [0.1, 0.15) is 12.8 Å². The van der Waals surface area contributed by atoms with Crippen molar-refractivity contribution in [3.8, 4) is 5.75 Å². The van der Waals surface area contributed by atoms with Gasteiger partial charge in [0.1, 0.15) is 5.75 Å². The van der Waals surface area contributed by atoms with Gasteiger partial charge in [0.2, 0.25) is 0 Å². The summed E-state index contributed by atoms with van der Waals surface area (Å²) < 4.78 is 0. The fourth-order valence-corrected chi connectivity index (χ4v) is 2.37. The third-order valence-corrected chi connectivity index (χ3v) is 3.45. The number of rotatable bonds is 5. The quantitative estimate of drug-likeness (QED) is 0.773. The van der Waals surface area contributed by atoms with Gasteiger partial charge in [-0.25, -0.2) is 0 Å². The Balaban J connectivity index is 1.79. The first-order chi connectivity index (χ1) is 8.79. The predicted molar refractivity (Wildman–Crippen MR) is 73.1 cm³/mol. The minimum atomic E-state index is 0.295. The lowest BCUT2D eigenvalue weighted by molar-refractivity contribution is 0.232. The predicted octanol–water partition coefficient (Wildman–Crippen LogP) is 1.29. The van der Waals surface area contributed by atoms with Crippen LogP contribution in [0.4, 0.5) is 5.69 Å². The van der Waals surface area contributed by atoms with E-state index in [4.69, 9.17) is 5.11 Å². The van der Waals surface area contributed by atoms with Crippen LogP contribution >= 0.6 is 0 Å². The number of unbranched alkanes of at least 4 members (excludes halogenated alkanes) is 1. The molecule has 18 heavy (non-hydrogen) atoms. The second-order valence-electron chi connectivity index (χ2n) is 4.78. The number of hydrogen-bond donors (Lipinski definition) is 2. The van der Waals surface area contributed by atoms with Gasteiger partial charge in [-0.3, -0.25) is 4.90 Å². The number of aliphatic hydroxyl groups excluding tert-OH is 1. The van der Waals surface area contributed by atoms with Crippen LogP contribution in [0.2, 0.25) is 0 Å². The van der Waals surface area contributed by atoms with Crippen LogP contribution in [0.25, 0.3) is 0 Å². The number of anilines is 1. The molecular formula is C14H22N2O2. The molecule has 2 N–H and O–H groups in total. The highest BCUT2D eigenvalue weighted by Crippen LogP contribution is 2.21. The standard InChI is InChI=1S/C14H22N2O2/c17-11-2-1-6-15-7-9-16(10-8-15)13-4-3-5-14(18)12-13/h3-5,12,17-18H,1-2,6-11H2. The summed E-state index contributed by atoms with van der Waals surface area (Å²) in [5.41, 5.74) is 1.10. The van der Waals surface area contributed by atoms with Gasteiger partial charge in [-0.2, -0.15) is 0 Å². The highest BCUT2D eigenvalue weighted by Gasteiger charge is 2.16. The summed E-state index contributed by atoms with van der Waals surface area (Å²) in [6, 6.07) is 7.45. The van der Waals surface area contributed by atoms with E-state index in [2.05, 4.69) is 9.80 Å². The zero-order chi connectivity index (χ0) is 12.8. The van der Waals surface area contributed by atoms with Crippen molar-refractivity contribution in [3.05, 3.63) is 24.3 Å². The molecule has 0 spiro atoms. The SMILES string of the molecule is OCCCCN1CCN(c2cccc(O)c2)CC1. The molecular weight excluding hydrogens is 228 g/mol. The second kappa shape index (κ2) is 6.61. The van der Waals surface area contributed by atoms with E-state index >= 15 is 0 Å². The monoisotopic (exact) mass is 250 g/mol. The number of hydrogen-bond acceptors (Lipinski definition) is 4. The minimum absolute atomic E-state index is 0.295. The van der Waals surface area contributed by atoms with E-state index in [0.717, 1.165) is 51.3 Å². The summed E-state index contributed by atoms with van der Waals surface area (Å²) >= 11 is 0. The lowest BCUT2D eigenvalue weighted by Crippen LogP contribution is -2.46. The molecule has 1 heterocycles. The Labute approximate surface area is 108 Å². The maximum Gasteiger partial charge on any atom is 0.117 e. The molecule has 1 aliphatic heterocycles. The van der Waals surface area contributed by atoms with Crippen LogP contribution in [-0.2, 0) is 0 Å². The summed E-state index contributed by atoms with van der Waals surface area (Å²) in [6.45, 7) is 5.49. The van der Waals surface area contributed by atoms with Crippen molar-refractivity contribution in [2.45, 2.75) is 12.8 Å². The van der Waals surface area contributed by atoms with Crippen molar-refractivity contribution >= 4 is 5.69 Å². The van der Waals surface area contributed by atoms with Crippen molar-refractivity contribution in [2.24, 2.45) is 0 Å². The molecule has 0 unspecified atom stereocenters. The molecule has 1 fully saturated rings. The average molecular weight is 250 g/mol. The Morgan fingerprint density at radius 1 is 1.06 bits per heavy atom. The molecule has 100 valence electrons. The Morgan fingerprint density at radius 3 is 2.50 bits per heavy atom. The lowest BCUT2D eigenvalue weighted by Gasteiger charge is -2.36. The zero-order valence-corrected chi connectivity index (χ0v) is 10.8. The molecule has 0 saturated carbocycles.